The molecule has 0 amide bonds. The first-order valence-electron chi connectivity index (χ1n) is 6.75. The molecule has 2 rings (SSSR count). The molecule has 0 radical (unpaired) electrons. The Morgan fingerprint density at radius 2 is 1.84 bits per heavy atom. The average molecular weight is 262 g/mol. The minimum absolute atomic E-state index is 0.0968. The van der Waals surface area contributed by atoms with Crippen LogP contribution in [0.15, 0.2) is 24.3 Å². The molecule has 0 saturated carbocycles. The van der Waals surface area contributed by atoms with Crippen LogP contribution in [0.25, 0.3) is 0 Å². The maximum absolute atomic E-state index is 7.35. The van der Waals surface area contributed by atoms with Gasteiger partial charge in [0.2, 0.25) is 0 Å². The minimum atomic E-state index is 0.0968. The Hall–Kier alpha value is -1.39. The van der Waals surface area contributed by atoms with Crippen LogP contribution >= 0.6 is 0 Å². The predicted molar refractivity (Wildman–Crippen MR) is 75.3 cm³/mol. The van der Waals surface area contributed by atoms with E-state index in [0.29, 0.717) is 6.61 Å². The second kappa shape index (κ2) is 6.17. The summed E-state index contributed by atoms with van der Waals surface area (Å²) in [4.78, 5) is 0. The van der Waals surface area contributed by atoms with Crippen LogP contribution in [0.1, 0.15) is 37.8 Å². The van der Waals surface area contributed by atoms with Crippen molar-refractivity contribution in [3.8, 4) is 0 Å². The van der Waals surface area contributed by atoms with Crippen molar-refractivity contribution in [3.05, 3.63) is 35.4 Å². The maximum Gasteiger partial charge on any atom is 0.122 e. The Kier molecular flexibility index (Phi) is 4.56. The molecule has 4 nitrogen and oxygen atoms in total. The van der Waals surface area contributed by atoms with Crippen LogP contribution in [0.3, 0.4) is 0 Å². The van der Waals surface area contributed by atoms with E-state index >= 15 is 0 Å². The van der Waals surface area contributed by atoms with Crippen molar-refractivity contribution < 1.29 is 9.47 Å². The van der Waals surface area contributed by atoms with Gasteiger partial charge < -0.3 is 15.2 Å². The normalized spacial score (nSPS) is 27.2. The Balaban J connectivity index is 1.86. The number of nitrogens with one attached hydrogen (secondary N) is 1. The highest BCUT2D eigenvalue weighted by molar-refractivity contribution is 5.94. The first kappa shape index (κ1) is 14.0. The lowest BCUT2D eigenvalue weighted by atomic mass is 10.0. The Bertz CT molecular complexity index is 420. The van der Waals surface area contributed by atoms with Crippen molar-refractivity contribution in [1.82, 2.24) is 0 Å². The van der Waals surface area contributed by atoms with Crippen LogP contribution in [0.5, 0.6) is 0 Å². The first-order chi connectivity index (χ1) is 9.04. The van der Waals surface area contributed by atoms with Crippen LogP contribution in [0.4, 0.5) is 0 Å². The lowest BCUT2D eigenvalue weighted by molar-refractivity contribution is -0.106. The average Bonchev–Trinajstić information content (AvgIpc) is 2.36. The highest BCUT2D eigenvalue weighted by Crippen LogP contribution is 2.22. The van der Waals surface area contributed by atoms with E-state index < -0.39 is 0 Å². The van der Waals surface area contributed by atoms with Crippen LogP contribution in [-0.2, 0) is 16.1 Å². The first-order valence-corrected chi connectivity index (χ1v) is 6.75. The molecule has 1 heterocycles. The summed E-state index contributed by atoms with van der Waals surface area (Å²) in [5.41, 5.74) is 7.28. The standard InChI is InChI=1S/C15H22N2O2/c1-10-7-14(8-11(2)19-10)18-9-12-3-5-13(6-4-12)15(16)17/h3-6,10-11,14H,7-9H2,1-2H3,(H3,16,17). The molecular weight excluding hydrogens is 240 g/mol. The lowest BCUT2D eigenvalue weighted by Gasteiger charge is -2.32. The molecule has 1 aliphatic rings. The van der Waals surface area contributed by atoms with Gasteiger partial charge in [-0.25, -0.2) is 0 Å². The zero-order chi connectivity index (χ0) is 13.8. The van der Waals surface area contributed by atoms with Gasteiger partial charge in [0.25, 0.3) is 0 Å². The van der Waals surface area contributed by atoms with E-state index in [1.54, 1.807) is 0 Å². The highest BCUT2D eigenvalue weighted by atomic mass is 16.5. The lowest BCUT2D eigenvalue weighted by Crippen LogP contribution is -2.33. The Morgan fingerprint density at radius 1 is 1.26 bits per heavy atom. The fourth-order valence-electron chi connectivity index (χ4n) is 2.48. The maximum atomic E-state index is 7.35. The number of nitrogen functional groups attached to an aromatic ring is 1. The summed E-state index contributed by atoms with van der Waals surface area (Å²) in [5.74, 6) is 0.0968. The van der Waals surface area contributed by atoms with Gasteiger partial charge in [0.15, 0.2) is 0 Å². The van der Waals surface area contributed by atoms with Crippen LogP contribution in [-0.4, -0.2) is 24.1 Å². The predicted octanol–water partition coefficient (Wildman–Crippen LogP) is 2.44. The summed E-state index contributed by atoms with van der Waals surface area (Å²) >= 11 is 0. The largest absolute Gasteiger partial charge is 0.384 e. The molecule has 1 aliphatic heterocycles. The van der Waals surface area contributed by atoms with Gasteiger partial charge in [0.1, 0.15) is 5.84 Å². The molecule has 1 aromatic rings. The van der Waals surface area contributed by atoms with Gasteiger partial charge in [-0.15, -0.1) is 0 Å². The van der Waals surface area contributed by atoms with Crippen molar-refractivity contribution in [1.29, 1.82) is 5.41 Å². The number of rotatable bonds is 4. The molecule has 3 N–H and O–H groups in total. The molecule has 0 spiro atoms. The van der Waals surface area contributed by atoms with Gasteiger partial charge >= 0.3 is 0 Å². The Labute approximate surface area is 114 Å². The summed E-state index contributed by atoms with van der Waals surface area (Å²) in [7, 11) is 0. The van der Waals surface area contributed by atoms with Gasteiger partial charge in [-0.1, -0.05) is 24.3 Å². The summed E-state index contributed by atoms with van der Waals surface area (Å²) < 4.78 is 11.6. The molecule has 1 saturated heterocycles. The fourth-order valence-corrected chi connectivity index (χ4v) is 2.48. The monoisotopic (exact) mass is 262 g/mol. The number of nitrogens with two attached hydrogens (primary N) is 1. The summed E-state index contributed by atoms with van der Waals surface area (Å²) in [6.45, 7) is 4.78. The van der Waals surface area contributed by atoms with Crippen molar-refractivity contribution in [2.24, 2.45) is 5.73 Å². The van der Waals surface area contributed by atoms with E-state index in [1.807, 2.05) is 24.3 Å². The third-order valence-corrected chi connectivity index (χ3v) is 3.40. The van der Waals surface area contributed by atoms with Gasteiger partial charge in [0.05, 0.1) is 24.9 Å². The molecule has 1 aromatic carbocycles. The van der Waals surface area contributed by atoms with Gasteiger partial charge in [-0.2, -0.15) is 0 Å². The van der Waals surface area contributed by atoms with Gasteiger partial charge in [-0.05, 0) is 32.3 Å². The van der Waals surface area contributed by atoms with E-state index in [1.165, 1.54) is 0 Å². The molecule has 2 atom stereocenters. The van der Waals surface area contributed by atoms with E-state index in [0.717, 1.165) is 24.0 Å². The SMILES string of the molecule is CC1CC(OCc2ccc(C(=N)N)cc2)CC(C)O1. The van der Waals surface area contributed by atoms with Crippen molar-refractivity contribution >= 4 is 5.84 Å². The molecule has 0 aliphatic carbocycles. The van der Waals surface area contributed by atoms with Crippen LogP contribution < -0.4 is 5.73 Å². The number of amidine groups is 1. The summed E-state index contributed by atoms with van der Waals surface area (Å²) in [6.07, 6.45) is 2.72. The molecule has 4 heteroatoms. The molecule has 19 heavy (non-hydrogen) atoms. The van der Waals surface area contributed by atoms with Crippen molar-refractivity contribution in [2.75, 3.05) is 0 Å². The number of ether oxygens (including phenoxy) is 2. The third-order valence-electron chi connectivity index (χ3n) is 3.40. The Morgan fingerprint density at radius 3 is 2.37 bits per heavy atom. The summed E-state index contributed by atoms with van der Waals surface area (Å²) in [5, 5.41) is 7.35. The van der Waals surface area contributed by atoms with Gasteiger partial charge in [0, 0.05) is 5.56 Å². The second-order valence-corrected chi connectivity index (χ2v) is 5.27. The topological polar surface area (TPSA) is 68.3 Å². The number of hydrogen-bond acceptors (Lipinski definition) is 3. The minimum Gasteiger partial charge on any atom is -0.384 e. The quantitative estimate of drug-likeness (QED) is 0.647. The molecule has 1 fully saturated rings. The summed E-state index contributed by atoms with van der Waals surface area (Å²) in [6, 6.07) is 7.64. The molecule has 0 aromatic heterocycles. The molecular formula is C15H22N2O2. The number of benzene rings is 1. The van der Waals surface area contributed by atoms with Crippen LogP contribution in [0, 0.1) is 5.41 Å². The van der Waals surface area contributed by atoms with Crippen molar-refractivity contribution in [2.45, 2.75) is 51.6 Å². The van der Waals surface area contributed by atoms with E-state index in [2.05, 4.69) is 13.8 Å². The van der Waals surface area contributed by atoms with Crippen molar-refractivity contribution in [3.63, 3.8) is 0 Å². The zero-order valence-corrected chi connectivity index (χ0v) is 11.6. The fraction of sp³-hybridized carbons (Fsp3) is 0.533. The number of hydrogen-bond donors (Lipinski definition) is 2. The van der Waals surface area contributed by atoms with E-state index in [4.69, 9.17) is 20.6 Å². The molecule has 0 bridgehead atoms. The van der Waals surface area contributed by atoms with E-state index in [-0.39, 0.29) is 24.1 Å². The van der Waals surface area contributed by atoms with E-state index in [9.17, 15) is 0 Å². The molecule has 104 valence electrons. The second-order valence-electron chi connectivity index (χ2n) is 5.27. The smallest absolute Gasteiger partial charge is 0.122 e. The highest BCUT2D eigenvalue weighted by Gasteiger charge is 2.24. The third kappa shape index (κ3) is 4.04. The van der Waals surface area contributed by atoms with Gasteiger partial charge in [-0.3, -0.25) is 5.41 Å². The zero-order valence-electron chi connectivity index (χ0n) is 11.6. The van der Waals surface area contributed by atoms with Crippen LogP contribution in [0.2, 0.25) is 0 Å². The molecule has 2 unspecified atom stereocenters.